The maximum atomic E-state index is 12.7. The van der Waals surface area contributed by atoms with E-state index in [9.17, 15) is 19.7 Å². The lowest BCUT2D eigenvalue weighted by Gasteiger charge is -2.30. The molecule has 1 aliphatic heterocycles. The molecule has 0 aliphatic carbocycles. The summed E-state index contributed by atoms with van der Waals surface area (Å²) in [7, 11) is 1.24. The van der Waals surface area contributed by atoms with Crippen LogP contribution < -0.4 is 5.32 Å². The average molecular weight is 486 g/mol. The summed E-state index contributed by atoms with van der Waals surface area (Å²) in [4.78, 5) is 35.8. The van der Waals surface area contributed by atoms with Gasteiger partial charge in [0.1, 0.15) is 6.61 Å². The summed E-state index contributed by atoms with van der Waals surface area (Å²) >= 11 is 2.08. The largest absolute Gasteiger partial charge is 0.466 e. The third kappa shape index (κ3) is 4.46. The molecule has 144 valence electrons. The standard InChI is InChI=1S/C18H19IN2O6/c1-10-14(17(22)26-3)16(12-5-4-6-13(9-12)21(24)25)15(11(2)20-10)18(23)27-8-7-19/h4-6,9,16,20H,7-8H2,1-3H3. The van der Waals surface area contributed by atoms with Crippen LogP contribution in [0.5, 0.6) is 0 Å². The number of carbonyl (C=O) groups excluding carboxylic acids is 2. The van der Waals surface area contributed by atoms with E-state index in [0.29, 0.717) is 21.4 Å². The van der Waals surface area contributed by atoms with Gasteiger partial charge in [-0.15, -0.1) is 0 Å². The molecular formula is C18H19IN2O6. The number of ether oxygens (including phenoxy) is 2. The Morgan fingerprint density at radius 1 is 1.22 bits per heavy atom. The monoisotopic (exact) mass is 486 g/mol. The minimum atomic E-state index is -0.833. The molecule has 2 rings (SSSR count). The van der Waals surface area contributed by atoms with Crippen molar-refractivity contribution in [1.82, 2.24) is 5.32 Å². The third-order valence-corrected chi connectivity index (χ3v) is 4.55. The number of nitrogens with one attached hydrogen (secondary N) is 1. The summed E-state index contributed by atoms with van der Waals surface area (Å²) in [6.07, 6.45) is 0. The summed E-state index contributed by atoms with van der Waals surface area (Å²) in [6.45, 7) is 3.60. The molecule has 1 N–H and O–H groups in total. The van der Waals surface area contributed by atoms with Crippen LogP contribution in [0.15, 0.2) is 46.8 Å². The molecule has 0 saturated heterocycles. The molecule has 1 aliphatic rings. The van der Waals surface area contributed by atoms with Crippen molar-refractivity contribution >= 4 is 40.2 Å². The predicted octanol–water partition coefficient (Wildman–Crippen LogP) is 2.98. The normalized spacial score (nSPS) is 16.7. The smallest absolute Gasteiger partial charge is 0.336 e. The number of methoxy groups -OCH3 is 1. The van der Waals surface area contributed by atoms with Crippen molar-refractivity contribution in [3.8, 4) is 0 Å². The summed E-state index contributed by atoms with van der Waals surface area (Å²) in [5.74, 6) is -2.04. The topological polar surface area (TPSA) is 108 Å². The molecule has 1 aromatic carbocycles. The van der Waals surface area contributed by atoms with Gasteiger partial charge in [0.25, 0.3) is 5.69 Å². The minimum absolute atomic E-state index is 0.134. The molecule has 0 aromatic heterocycles. The van der Waals surface area contributed by atoms with Crippen LogP contribution in [0.4, 0.5) is 5.69 Å². The number of nitrogens with zero attached hydrogens (tertiary/aromatic N) is 1. The predicted molar refractivity (Wildman–Crippen MR) is 106 cm³/mol. The Bertz CT molecular complexity index is 846. The first kappa shape index (κ1) is 20.9. The van der Waals surface area contributed by atoms with E-state index in [-0.39, 0.29) is 23.4 Å². The second kappa shape index (κ2) is 8.98. The molecule has 1 heterocycles. The van der Waals surface area contributed by atoms with Crippen molar-refractivity contribution in [2.24, 2.45) is 0 Å². The Labute approximate surface area is 169 Å². The molecule has 0 spiro atoms. The van der Waals surface area contributed by atoms with Crippen molar-refractivity contribution in [3.05, 3.63) is 62.5 Å². The molecule has 1 atom stereocenters. The fraction of sp³-hybridized carbons (Fsp3) is 0.333. The van der Waals surface area contributed by atoms with Gasteiger partial charge in [0.2, 0.25) is 0 Å². The Balaban J connectivity index is 2.65. The molecule has 0 amide bonds. The SMILES string of the molecule is COC(=O)C1=C(C)NC(C)=C(C(=O)OCCI)C1c1cccc([N+](=O)[O-])c1. The number of nitro benzene ring substituents is 1. The lowest BCUT2D eigenvalue weighted by atomic mass is 9.80. The van der Waals surface area contributed by atoms with Crippen molar-refractivity contribution in [2.45, 2.75) is 19.8 Å². The Hall–Kier alpha value is -2.43. The van der Waals surface area contributed by atoms with E-state index < -0.39 is 22.8 Å². The molecular weight excluding hydrogens is 467 g/mol. The molecule has 0 saturated carbocycles. The van der Waals surface area contributed by atoms with E-state index in [0.717, 1.165) is 0 Å². The number of carbonyl (C=O) groups is 2. The molecule has 1 unspecified atom stereocenters. The molecule has 1 aromatic rings. The zero-order chi connectivity index (χ0) is 20.1. The molecule has 0 radical (unpaired) electrons. The fourth-order valence-corrected chi connectivity index (χ4v) is 3.23. The van der Waals surface area contributed by atoms with Crippen molar-refractivity contribution in [3.63, 3.8) is 0 Å². The van der Waals surface area contributed by atoms with Gasteiger partial charge in [0.05, 0.1) is 29.1 Å². The van der Waals surface area contributed by atoms with E-state index in [1.165, 1.54) is 25.3 Å². The lowest BCUT2D eigenvalue weighted by molar-refractivity contribution is -0.384. The molecule has 27 heavy (non-hydrogen) atoms. The van der Waals surface area contributed by atoms with Crippen LogP contribution in [0.25, 0.3) is 0 Å². The number of nitro groups is 1. The number of rotatable bonds is 6. The quantitative estimate of drug-likeness (QED) is 0.217. The van der Waals surface area contributed by atoms with E-state index in [2.05, 4.69) is 27.9 Å². The zero-order valence-electron chi connectivity index (χ0n) is 15.1. The first-order valence-corrected chi connectivity index (χ1v) is 9.58. The summed E-state index contributed by atoms with van der Waals surface area (Å²) in [6, 6.07) is 5.86. The van der Waals surface area contributed by atoms with Crippen LogP contribution in [0.3, 0.4) is 0 Å². The van der Waals surface area contributed by atoms with Crippen LogP contribution in [0.2, 0.25) is 0 Å². The second-order valence-electron chi connectivity index (χ2n) is 5.80. The van der Waals surface area contributed by atoms with Crippen LogP contribution in [0.1, 0.15) is 25.3 Å². The third-order valence-electron chi connectivity index (χ3n) is 4.11. The van der Waals surface area contributed by atoms with Gasteiger partial charge in [0.15, 0.2) is 0 Å². The lowest BCUT2D eigenvalue weighted by Crippen LogP contribution is -2.32. The first-order valence-electron chi connectivity index (χ1n) is 8.06. The van der Waals surface area contributed by atoms with Gasteiger partial charge in [-0.1, -0.05) is 34.7 Å². The molecule has 0 fully saturated rings. The van der Waals surface area contributed by atoms with Crippen LogP contribution in [-0.2, 0) is 19.1 Å². The molecule has 0 bridgehead atoms. The first-order chi connectivity index (χ1) is 12.8. The number of hydrogen-bond donors (Lipinski definition) is 1. The summed E-state index contributed by atoms with van der Waals surface area (Å²) < 4.78 is 10.8. The number of hydrogen-bond acceptors (Lipinski definition) is 7. The highest BCUT2D eigenvalue weighted by molar-refractivity contribution is 14.1. The second-order valence-corrected chi connectivity index (χ2v) is 6.88. The molecule has 8 nitrogen and oxygen atoms in total. The minimum Gasteiger partial charge on any atom is -0.466 e. The van der Waals surface area contributed by atoms with Gasteiger partial charge in [-0.05, 0) is 19.4 Å². The number of non-ortho nitro benzene ring substituents is 1. The van der Waals surface area contributed by atoms with Gasteiger partial charge >= 0.3 is 11.9 Å². The fourth-order valence-electron chi connectivity index (χ4n) is 3.01. The van der Waals surface area contributed by atoms with E-state index in [1.807, 2.05) is 0 Å². The highest BCUT2D eigenvalue weighted by atomic mass is 127. The Kier molecular flexibility index (Phi) is 6.94. The Morgan fingerprint density at radius 3 is 2.41 bits per heavy atom. The maximum absolute atomic E-state index is 12.7. The van der Waals surface area contributed by atoms with Crippen molar-refractivity contribution < 1.29 is 24.0 Å². The van der Waals surface area contributed by atoms with Gasteiger partial charge in [-0.3, -0.25) is 10.1 Å². The zero-order valence-corrected chi connectivity index (χ0v) is 17.2. The van der Waals surface area contributed by atoms with Crippen LogP contribution >= 0.6 is 22.6 Å². The average Bonchev–Trinajstić information content (AvgIpc) is 2.64. The maximum Gasteiger partial charge on any atom is 0.336 e. The Morgan fingerprint density at radius 2 is 1.85 bits per heavy atom. The number of esters is 2. The van der Waals surface area contributed by atoms with Gasteiger partial charge in [-0.25, -0.2) is 9.59 Å². The number of alkyl halides is 1. The number of allylic oxidation sites excluding steroid dienone is 2. The summed E-state index contributed by atoms with van der Waals surface area (Å²) in [5.41, 5.74) is 1.78. The van der Waals surface area contributed by atoms with E-state index in [4.69, 9.17) is 9.47 Å². The van der Waals surface area contributed by atoms with Crippen molar-refractivity contribution in [1.29, 1.82) is 0 Å². The summed E-state index contributed by atoms with van der Waals surface area (Å²) in [5, 5.41) is 14.2. The van der Waals surface area contributed by atoms with E-state index in [1.54, 1.807) is 19.9 Å². The van der Waals surface area contributed by atoms with Crippen LogP contribution in [-0.4, -0.2) is 35.0 Å². The molecule has 9 heteroatoms. The number of halogens is 1. The van der Waals surface area contributed by atoms with E-state index >= 15 is 0 Å². The number of benzene rings is 1. The van der Waals surface area contributed by atoms with Crippen molar-refractivity contribution in [2.75, 3.05) is 18.1 Å². The van der Waals surface area contributed by atoms with Gasteiger partial charge < -0.3 is 14.8 Å². The highest BCUT2D eigenvalue weighted by Crippen LogP contribution is 2.40. The van der Waals surface area contributed by atoms with Gasteiger partial charge in [-0.2, -0.15) is 0 Å². The number of dihydropyridines is 1. The van der Waals surface area contributed by atoms with Gasteiger partial charge in [0, 0.05) is 28.0 Å². The van der Waals surface area contributed by atoms with Crippen LogP contribution in [0, 0.1) is 10.1 Å². The highest BCUT2D eigenvalue weighted by Gasteiger charge is 2.38.